The minimum atomic E-state index is 0.113. The molecule has 0 amide bonds. The number of rotatable bonds is 4. The minimum Gasteiger partial charge on any atom is -0.396 e. The van der Waals surface area contributed by atoms with Crippen LogP contribution in [0.1, 0.15) is 18.4 Å². The van der Waals surface area contributed by atoms with Crippen molar-refractivity contribution in [3.63, 3.8) is 0 Å². The first-order chi connectivity index (χ1) is 7.10. The minimum absolute atomic E-state index is 0.113. The van der Waals surface area contributed by atoms with E-state index < -0.39 is 0 Å². The molecule has 1 aromatic rings. The first-order valence-electron chi connectivity index (χ1n) is 4.86. The Morgan fingerprint density at radius 3 is 2.47 bits per heavy atom. The van der Waals surface area contributed by atoms with Gasteiger partial charge in [0.15, 0.2) is 0 Å². The molecule has 0 aliphatic carbocycles. The monoisotopic (exact) mass is 247 g/mol. The molecule has 0 unspecified atom stereocenters. The second-order valence-corrected chi connectivity index (χ2v) is 4.49. The maximum atomic E-state index is 9.11. The molecule has 2 atom stereocenters. The Bertz CT molecular complexity index is 330. The molecule has 0 heterocycles. The average molecular weight is 248 g/mol. The van der Waals surface area contributed by atoms with Crippen molar-refractivity contribution in [2.45, 2.75) is 12.8 Å². The number of aliphatic hydroxyl groups is 1. The molecule has 0 saturated heterocycles. The smallest absolute Gasteiger partial charge is 0.0595 e. The molecule has 0 spiro atoms. The van der Waals surface area contributed by atoms with E-state index in [2.05, 4.69) is 0 Å². The predicted molar refractivity (Wildman–Crippen MR) is 64.5 cm³/mol. The van der Waals surface area contributed by atoms with Crippen LogP contribution in [0.15, 0.2) is 18.2 Å². The summed E-state index contributed by atoms with van der Waals surface area (Å²) >= 11 is 11.8. The zero-order valence-corrected chi connectivity index (χ0v) is 10.1. The van der Waals surface area contributed by atoms with Gasteiger partial charge in [0, 0.05) is 12.5 Å². The van der Waals surface area contributed by atoms with Crippen molar-refractivity contribution in [3.8, 4) is 0 Å². The molecule has 0 aromatic heterocycles. The topological polar surface area (TPSA) is 46.2 Å². The number of benzene rings is 1. The summed E-state index contributed by atoms with van der Waals surface area (Å²) in [4.78, 5) is 0. The van der Waals surface area contributed by atoms with Crippen LogP contribution in [0.25, 0.3) is 0 Å². The van der Waals surface area contributed by atoms with Crippen molar-refractivity contribution in [3.05, 3.63) is 33.8 Å². The third-order valence-electron chi connectivity index (χ3n) is 2.60. The van der Waals surface area contributed by atoms with Crippen LogP contribution < -0.4 is 5.73 Å². The number of hydrogen-bond donors (Lipinski definition) is 2. The second kappa shape index (κ2) is 5.71. The Morgan fingerprint density at radius 1 is 1.33 bits per heavy atom. The van der Waals surface area contributed by atoms with Crippen molar-refractivity contribution in [2.24, 2.45) is 11.7 Å². The highest BCUT2D eigenvalue weighted by Gasteiger charge is 2.17. The quantitative estimate of drug-likeness (QED) is 0.860. The Morgan fingerprint density at radius 2 is 2.00 bits per heavy atom. The molecule has 3 N–H and O–H groups in total. The highest BCUT2D eigenvalue weighted by atomic mass is 35.5. The molecular weight excluding hydrogens is 233 g/mol. The van der Waals surface area contributed by atoms with E-state index in [1.54, 1.807) is 6.07 Å². The largest absolute Gasteiger partial charge is 0.396 e. The molecular formula is C11H15Cl2NO. The Kier molecular flexibility index (Phi) is 4.87. The Balaban J connectivity index is 2.97. The third-order valence-corrected chi connectivity index (χ3v) is 3.34. The summed E-state index contributed by atoms with van der Waals surface area (Å²) in [6, 6.07) is 5.47. The molecule has 1 rings (SSSR count). The van der Waals surface area contributed by atoms with E-state index in [0.29, 0.717) is 16.6 Å². The van der Waals surface area contributed by atoms with Crippen LogP contribution in [0.3, 0.4) is 0 Å². The van der Waals surface area contributed by atoms with Crippen LogP contribution in [0, 0.1) is 5.92 Å². The standard InChI is InChI=1S/C11H15Cl2NO/c1-7(6-15)9(5-14)8-2-3-10(12)11(13)4-8/h2-4,7,9,15H,5-6,14H2,1H3/t7-,9+/m0/s1. The van der Waals surface area contributed by atoms with Crippen molar-refractivity contribution in [1.29, 1.82) is 0 Å². The molecule has 0 aliphatic heterocycles. The van der Waals surface area contributed by atoms with E-state index >= 15 is 0 Å². The van der Waals surface area contributed by atoms with Crippen molar-refractivity contribution in [2.75, 3.05) is 13.2 Å². The molecule has 0 aliphatic rings. The summed E-state index contributed by atoms with van der Waals surface area (Å²) in [5, 5.41) is 10.2. The lowest BCUT2D eigenvalue weighted by Gasteiger charge is -2.21. The van der Waals surface area contributed by atoms with Crippen LogP contribution >= 0.6 is 23.2 Å². The molecule has 2 nitrogen and oxygen atoms in total. The van der Waals surface area contributed by atoms with Crippen LogP contribution in [-0.4, -0.2) is 18.3 Å². The molecule has 0 saturated carbocycles. The van der Waals surface area contributed by atoms with E-state index in [4.69, 9.17) is 34.0 Å². The fourth-order valence-corrected chi connectivity index (χ4v) is 1.87. The van der Waals surface area contributed by atoms with Gasteiger partial charge in [0.05, 0.1) is 10.0 Å². The number of nitrogens with two attached hydrogens (primary N) is 1. The molecule has 84 valence electrons. The van der Waals surface area contributed by atoms with Gasteiger partial charge in [-0.05, 0) is 30.2 Å². The van der Waals surface area contributed by atoms with E-state index in [1.165, 1.54) is 0 Å². The fourth-order valence-electron chi connectivity index (χ4n) is 1.57. The van der Waals surface area contributed by atoms with Gasteiger partial charge in [0.2, 0.25) is 0 Å². The molecule has 0 radical (unpaired) electrons. The normalized spacial score (nSPS) is 15.0. The number of aliphatic hydroxyl groups excluding tert-OH is 1. The highest BCUT2D eigenvalue weighted by Crippen LogP contribution is 2.29. The van der Waals surface area contributed by atoms with E-state index in [0.717, 1.165) is 5.56 Å². The van der Waals surface area contributed by atoms with Crippen LogP contribution in [0.5, 0.6) is 0 Å². The van der Waals surface area contributed by atoms with Gasteiger partial charge in [0.1, 0.15) is 0 Å². The zero-order chi connectivity index (χ0) is 11.4. The number of halogens is 2. The lowest BCUT2D eigenvalue weighted by Crippen LogP contribution is -2.22. The van der Waals surface area contributed by atoms with Gasteiger partial charge in [-0.15, -0.1) is 0 Å². The first-order valence-corrected chi connectivity index (χ1v) is 5.61. The van der Waals surface area contributed by atoms with Gasteiger partial charge < -0.3 is 10.8 Å². The van der Waals surface area contributed by atoms with Gasteiger partial charge in [0.25, 0.3) is 0 Å². The van der Waals surface area contributed by atoms with Gasteiger partial charge in [-0.2, -0.15) is 0 Å². The Labute approximate surface area is 100.0 Å². The zero-order valence-electron chi connectivity index (χ0n) is 8.58. The molecule has 4 heteroatoms. The first kappa shape index (κ1) is 12.8. The van der Waals surface area contributed by atoms with Crippen molar-refractivity contribution >= 4 is 23.2 Å². The number of hydrogen-bond acceptors (Lipinski definition) is 2. The van der Waals surface area contributed by atoms with Gasteiger partial charge in [-0.1, -0.05) is 36.2 Å². The molecule has 1 aromatic carbocycles. The van der Waals surface area contributed by atoms with Gasteiger partial charge in [-0.25, -0.2) is 0 Å². The lowest BCUT2D eigenvalue weighted by molar-refractivity contribution is 0.217. The van der Waals surface area contributed by atoms with Crippen LogP contribution in [0.4, 0.5) is 0 Å². The second-order valence-electron chi connectivity index (χ2n) is 3.68. The third kappa shape index (κ3) is 3.08. The summed E-state index contributed by atoms with van der Waals surface area (Å²) in [6.45, 7) is 2.56. The van der Waals surface area contributed by atoms with E-state index in [1.807, 2.05) is 19.1 Å². The maximum absolute atomic E-state index is 9.11. The summed E-state index contributed by atoms with van der Waals surface area (Å²) in [6.07, 6.45) is 0. The summed E-state index contributed by atoms with van der Waals surface area (Å²) in [7, 11) is 0. The predicted octanol–water partition coefficient (Wildman–Crippen LogP) is 2.66. The molecule has 15 heavy (non-hydrogen) atoms. The average Bonchev–Trinajstić information content (AvgIpc) is 2.24. The molecule has 0 fully saturated rings. The van der Waals surface area contributed by atoms with Crippen molar-refractivity contribution in [1.82, 2.24) is 0 Å². The SMILES string of the molecule is C[C@@H](CO)[C@@H](CN)c1ccc(Cl)c(Cl)c1. The van der Waals surface area contributed by atoms with Crippen LogP contribution in [-0.2, 0) is 0 Å². The van der Waals surface area contributed by atoms with Crippen LogP contribution in [0.2, 0.25) is 10.0 Å². The lowest BCUT2D eigenvalue weighted by atomic mass is 9.88. The molecule has 0 bridgehead atoms. The highest BCUT2D eigenvalue weighted by molar-refractivity contribution is 6.42. The van der Waals surface area contributed by atoms with Crippen molar-refractivity contribution < 1.29 is 5.11 Å². The van der Waals surface area contributed by atoms with Gasteiger partial charge >= 0.3 is 0 Å². The van der Waals surface area contributed by atoms with E-state index in [-0.39, 0.29) is 18.4 Å². The fraction of sp³-hybridized carbons (Fsp3) is 0.455. The summed E-state index contributed by atoms with van der Waals surface area (Å²) in [5.41, 5.74) is 6.70. The van der Waals surface area contributed by atoms with E-state index in [9.17, 15) is 0 Å². The Hall–Kier alpha value is -0.280. The summed E-state index contributed by atoms with van der Waals surface area (Å²) < 4.78 is 0. The van der Waals surface area contributed by atoms with Gasteiger partial charge in [-0.3, -0.25) is 0 Å². The summed E-state index contributed by atoms with van der Waals surface area (Å²) in [5.74, 6) is 0.233. The maximum Gasteiger partial charge on any atom is 0.0595 e.